The van der Waals surface area contributed by atoms with Gasteiger partial charge in [0.15, 0.2) is 0 Å². The van der Waals surface area contributed by atoms with Crippen LogP contribution in [0.2, 0.25) is 0 Å². The zero-order chi connectivity index (χ0) is 11.5. The van der Waals surface area contributed by atoms with Crippen molar-refractivity contribution in [2.24, 2.45) is 5.41 Å². The first-order chi connectivity index (χ1) is 6.92. The van der Waals surface area contributed by atoms with Crippen LogP contribution in [-0.2, 0) is 6.42 Å². The summed E-state index contributed by atoms with van der Waals surface area (Å²) in [5, 5.41) is 9.68. The first-order valence-electron chi connectivity index (χ1n) is 5.43. The predicted octanol–water partition coefficient (Wildman–Crippen LogP) is 4.01. The fraction of sp³-hybridized carbons (Fsp3) is 0.429. The molecule has 0 aliphatic carbocycles. The molecule has 0 saturated carbocycles. The number of benzene rings is 1. The molecule has 0 aliphatic rings. The van der Waals surface area contributed by atoms with Crippen LogP contribution in [0.1, 0.15) is 38.8 Å². The van der Waals surface area contributed by atoms with Crippen LogP contribution in [0.3, 0.4) is 0 Å². The molecule has 0 unspecified atom stereocenters. The van der Waals surface area contributed by atoms with Gasteiger partial charge in [-0.1, -0.05) is 45.9 Å². The molecule has 0 saturated heterocycles. The van der Waals surface area contributed by atoms with Crippen LogP contribution in [0.15, 0.2) is 24.3 Å². The quantitative estimate of drug-likeness (QED) is 0.771. The number of aryl methyl sites for hydroxylation is 1. The summed E-state index contributed by atoms with van der Waals surface area (Å²) in [6, 6.07) is 5.77. The van der Waals surface area contributed by atoms with Gasteiger partial charge in [-0.2, -0.15) is 0 Å². The Morgan fingerprint density at radius 3 is 2.47 bits per heavy atom. The second-order valence-electron chi connectivity index (χ2n) is 4.95. The summed E-state index contributed by atoms with van der Waals surface area (Å²) in [5.74, 6) is 0.354. The van der Waals surface area contributed by atoms with Gasteiger partial charge in [0.25, 0.3) is 0 Å². The van der Waals surface area contributed by atoms with E-state index in [9.17, 15) is 5.11 Å². The van der Waals surface area contributed by atoms with Crippen molar-refractivity contribution in [3.8, 4) is 5.75 Å². The second kappa shape index (κ2) is 4.52. The standard InChI is InChI=1S/C14H20O/c1-5-11-6-7-13(15)12(10-11)8-9-14(2,3)4/h6-10,15H,5H2,1-4H3/b9-8-. The Labute approximate surface area is 92.5 Å². The predicted molar refractivity (Wildman–Crippen MR) is 66.0 cm³/mol. The zero-order valence-corrected chi connectivity index (χ0v) is 10.0. The minimum Gasteiger partial charge on any atom is -0.507 e. The average Bonchev–Trinajstić information content (AvgIpc) is 2.15. The first kappa shape index (κ1) is 11.8. The highest BCUT2D eigenvalue weighted by Gasteiger charge is 2.05. The van der Waals surface area contributed by atoms with E-state index in [2.05, 4.69) is 33.8 Å². The maximum absolute atomic E-state index is 9.68. The molecule has 1 nitrogen and oxygen atoms in total. The fourth-order valence-corrected chi connectivity index (χ4v) is 1.30. The van der Waals surface area contributed by atoms with Gasteiger partial charge in [0.05, 0.1) is 0 Å². The highest BCUT2D eigenvalue weighted by atomic mass is 16.3. The van der Waals surface area contributed by atoms with E-state index in [1.54, 1.807) is 6.07 Å². The third-order valence-corrected chi connectivity index (χ3v) is 2.26. The van der Waals surface area contributed by atoms with Gasteiger partial charge in [0.2, 0.25) is 0 Å². The van der Waals surface area contributed by atoms with Crippen LogP contribution >= 0.6 is 0 Å². The molecule has 1 aromatic carbocycles. The average molecular weight is 204 g/mol. The second-order valence-corrected chi connectivity index (χ2v) is 4.95. The van der Waals surface area contributed by atoms with E-state index >= 15 is 0 Å². The number of hydrogen-bond donors (Lipinski definition) is 1. The molecule has 15 heavy (non-hydrogen) atoms. The van der Waals surface area contributed by atoms with Gasteiger partial charge >= 0.3 is 0 Å². The Kier molecular flexibility index (Phi) is 3.57. The number of allylic oxidation sites excluding steroid dienone is 1. The summed E-state index contributed by atoms with van der Waals surface area (Å²) in [5.41, 5.74) is 2.31. The van der Waals surface area contributed by atoms with Crippen LogP contribution in [0, 0.1) is 5.41 Å². The molecule has 0 heterocycles. The van der Waals surface area contributed by atoms with Crippen molar-refractivity contribution in [1.82, 2.24) is 0 Å². The molecular weight excluding hydrogens is 184 g/mol. The Hall–Kier alpha value is -1.24. The van der Waals surface area contributed by atoms with Gasteiger partial charge in [-0.05, 0) is 29.5 Å². The van der Waals surface area contributed by atoms with E-state index in [0.717, 1.165) is 12.0 Å². The highest BCUT2D eigenvalue weighted by Crippen LogP contribution is 2.23. The summed E-state index contributed by atoms with van der Waals surface area (Å²) in [4.78, 5) is 0. The molecule has 1 rings (SSSR count). The Balaban J connectivity index is 2.98. The molecule has 1 aromatic rings. The van der Waals surface area contributed by atoms with Crippen LogP contribution in [0.4, 0.5) is 0 Å². The van der Waals surface area contributed by atoms with Gasteiger partial charge in [-0.3, -0.25) is 0 Å². The van der Waals surface area contributed by atoms with Gasteiger partial charge in [-0.15, -0.1) is 0 Å². The zero-order valence-electron chi connectivity index (χ0n) is 10.0. The SMILES string of the molecule is CCc1ccc(O)c(/C=C\C(C)(C)C)c1. The molecule has 1 N–H and O–H groups in total. The van der Waals surface area contributed by atoms with Crippen LogP contribution < -0.4 is 0 Å². The lowest BCUT2D eigenvalue weighted by atomic mass is 9.95. The Morgan fingerprint density at radius 2 is 1.93 bits per heavy atom. The van der Waals surface area contributed by atoms with Crippen molar-refractivity contribution >= 4 is 6.08 Å². The summed E-state index contributed by atoms with van der Waals surface area (Å²) >= 11 is 0. The normalized spacial score (nSPS) is 12.3. The Morgan fingerprint density at radius 1 is 1.27 bits per heavy atom. The number of phenolic OH excluding ortho intramolecular Hbond substituents is 1. The van der Waals surface area contributed by atoms with E-state index in [4.69, 9.17) is 0 Å². The molecule has 0 aromatic heterocycles. The fourth-order valence-electron chi connectivity index (χ4n) is 1.30. The lowest BCUT2D eigenvalue weighted by molar-refractivity contribution is 0.473. The van der Waals surface area contributed by atoms with E-state index in [-0.39, 0.29) is 5.41 Å². The third kappa shape index (κ3) is 3.78. The largest absolute Gasteiger partial charge is 0.507 e. The van der Waals surface area contributed by atoms with Crippen LogP contribution in [-0.4, -0.2) is 5.11 Å². The maximum atomic E-state index is 9.68. The molecule has 82 valence electrons. The number of phenols is 1. The smallest absolute Gasteiger partial charge is 0.122 e. The van der Waals surface area contributed by atoms with Gasteiger partial charge in [0, 0.05) is 5.56 Å². The van der Waals surface area contributed by atoms with Crippen molar-refractivity contribution in [2.75, 3.05) is 0 Å². The molecule has 0 fully saturated rings. The molecular formula is C14H20O. The van der Waals surface area contributed by atoms with E-state index in [1.807, 2.05) is 18.2 Å². The first-order valence-corrected chi connectivity index (χ1v) is 5.43. The summed E-state index contributed by atoms with van der Waals surface area (Å²) in [6.45, 7) is 8.54. The molecule has 0 atom stereocenters. The topological polar surface area (TPSA) is 20.2 Å². The molecule has 1 heteroatoms. The monoisotopic (exact) mass is 204 g/mol. The number of hydrogen-bond acceptors (Lipinski definition) is 1. The molecule has 0 aliphatic heterocycles. The molecule has 0 bridgehead atoms. The van der Waals surface area contributed by atoms with Crippen molar-refractivity contribution in [3.05, 3.63) is 35.4 Å². The van der Waals surface area contributed by atoms with Gasteiger partial charge < -0.3 is 5.11 Å². The third-order valence-electron chi connectivity index (χ3n) is 2.26. The minimum atomic E-state index is 0.147. The molecule has 0 amide bonds. The molecule has 0 radical (unpaired) electrons. The summed E-state index contributed by atoms with van der Waals surface area (Å²) in [7, 11) is 0. The molecule has 0 spiro atoms. The van der Waals surface area contributed by atoms with Crippen molar-refractivity contribution < 1.29 is 5.11 Å². The Bertz CT molecular complexity index is 356. The van der Waals surface area contributed by atoms with Gasteiger partial charge in [-0.25, -0.2) is 0 Å². The lowest BCUT2D eigenvalue weighted by Crippen LogP contribution is -1.98. The highest BCUT2D eigenvalue weighted by molar-refractivity contribution is 5.58. The number of aromatic hydroxyl groups is 1. The van der Waals surface area contributed by atoms with Crippen molar-refractivity contribution in [1.29, 1.82) is 0 Å². The lowest BCUT2D eigenvalue weighted by Gasteiger charge is -2.11. The van der Waals surface area contributed by atoms with Crippen molar-refractivity contribution in [3.63, 3.8) is 0 Å². The minimum absolute atomic E-state index is 0.147. The van der Waals surface area contributed by atoms with Crippen LogP contribution in [0.25, 0.3) is 6.08 Å². The van der Waals surface area contributed by atoms with E-state index in [1.165, 1.54) is 5.56 Å². The van der Waals surface area contributed by atoms with Crippen LogP contribution in [0.5, 0.6) is 5.75 Å². The summed E-state index contributed by atoms with van der Waals surface area (Å²) in [6.07, 6.45) is 5.10. The van der Waals surface area contributed by atoms with Crippen molar-refractivity contribution in [2.45, 2.75) is 34.1 Å². The summed E-state index contributed by atoms with van der Waals surface area (Å²) < 4.78 is 0. The van der Waals surface area contributed by atoms with Gasteiger partial charge in [0.1, 0.15) is 5.75 Å². The van der Waals surface area contributed by atoms with E-state index in [0.29, 0.717) is 5.75 Å². The van der Waals surface area contributed by atoms with E-state index < -0.39 is 0 Å². The number of rotatable bonds is 2. The maximum Gasteiger partial charge on any atom is 0.122 e.